The van der Waals surface area contributed by atoms with Gasteiger partial charge < -0.3 is 5.32 Å². The van der Waals surface area contributed by atoms with Crippen LogP contribution in [-0.4, -0.2) is 5.91 Å². The smallest absolute Gasteiger partial charge is 0.248 e. The molecule has 0 radical (unpaired) electrons. The van der Waals surface area contributed by atoms with Gasteiger partial charge in [-0.15, -0.1) is 0 Å². The fraction of sp³-hybridized carbons (Fsp3) is 0. The standard InChI is InChI=1S/C15H10Cl3NO/c16-11-2-1-3-13(8-11)19-15(20)7-5-10-4-6-12(17)9-14(10)18/h1-9H,(H,19,20)/b7-5+. The van der Waals surface area contributed by atoms with E-state index in [4.69, 9.17) is 34.8 Å². The summed E-state index contributed by atoms with van der Waals surface area (Å²) in [6.07, 6.45) is 3.02. The molecule has 1 N–H and O–H groups in total. The lowest BCUT2D eigenvalue weighted by atomic mass is 10.2. The van der Waals surface area contributed by atoms with Gasteiger partial charge in [0.05, 0.1) is 0 Å². The van der Waals surface area contributed by atoms with Crippen LogP contribution < -0.4 is 5.32 Å². The van der Waals surface area contributed by atoms with E-state index in [-0.39, 0.29) is 5.91 Å². The molecule has 2 rings (SSSR count). The van der Waals surface area contributed by atoms with E-state index in [0.717, 1.165) is 5.56 Å². The molecule has 0 aliphatic carbocycles. The fourth-order valence-corrected chi connectivity index (χ4v) is 2.21. The van der Waals surface area contributed by atoms with Gasteiger partial charge in [-0.2, -0.15) is 0 Å². The second kappa shape index (κ2) is 6.80. The van der Waals surface area contributed by atoms with E-state index < -0.39 is 0 Å². The number of carbonyl (C=O) groups excluding carboxylic acids is 1. The largest absolute Gasteiger partial charge is 0.322 e. The van der Waals surface area contributed by atoms with Gasteiger partial charge in [-0.25, -0.2) is 0 Å². The summed E-state index contributed by atoms with van der Waals surface area (Å²) >= 11 is 17.6. The lowest BCUT2D eigenvalue weighted by Crippen LogP contribution is -2.07. The number of anilines is 1. The molecule has 5 heteroatoms. The van der Waals surface area contributed by atoms with Crippen LogP contribution in [0, 0.1) is 0 Å². The predicted molar refractivity (Wildman–Crippen MR) is 85.6 cm³/mol. The number of carbonyl (C=O) groups is 1. The van der Waals surface area contributed by atoms with Crippen LogP contribution in [0.3, 0.4) is 0 Å². The Bertz CT molecular complexity index is 668. The molecule has 0 saturated carbocycles. The highest BCUT2D eigenvalue weighted by molar-refractivity contribution is 6.35. The Hall–Kier alpha value is -1.48. The van der Waals surface area contributed by atoms with E-state index >= 15 is 0 Å². The van der Waals surface area contributed by atoms with Crippen molar-refractivity contribution in [3.8, 4) is 0 Å². The van der Waals surface area contributed by atoms with Crippen LogP contribution >= 0.6 is 34.8 Å². The molecule has 20 heavy (non-hydrogen) atoms. The molecule has 0 unspecified atom stereocenters. The monoisotopic (exact) mass is 325 g/mol. The number of benzene rings is 2. The first kappa shape index (κ1) is 14.9. The Morgan fingerprint density at radius 1 is 1.00 bits per heavy atom. The number of amides is 1. The Labute approximate surface area is 132 Å². The molecule has 2 aromatic carbocycles. The average Bonchev–Trinajstić information content (AvgIpc) is 2.37. The average molecular weight is 327 g/mol. The van der Waals surface area contributed by atoms with Crippen molar-refractivity contribution in [1.82, 2.24) is 0 Å². The van der Waals surface area contributed by atoms with Gasteiger partial charge in [-0.3, -0.25) is 4.79 Å². The molecule has 1 amide bonds. The molecule has 0 aromatic heterocycles. The Balaban J connectivity index is 2.06. The van der Waals surface area contributed by atoms with Gasteiger partial charge in [0.25, 0.3) is 0 Å². The summed E-state index contributed by atoms with van der Waals surface area (Å²) in [5, 5.41) is 4.31. The number of nitrogens with one attached hydrogen (secondary N) is 1. The zero-order chi connectivity index (χ0) is 14.5. The molecule has 0 saturated heterocycles. The third-order valence-electron chi connectivity index (χ3n) is 2.47. The lowest BCUT2D eigenvalue weighted by molar-refractivity contribution is -0.111. The molecule has 0 spiro atoms. The van der Waals surface area contributed by atoms with Gasteiger partial charge in [0, 0.05) is 26.8 Å². The maximum Gasteiger partial charge on any atom is 0.248 e. The molecule has 2 aromatic rings. The number of hydrogen-bond donors (Lipinski definition) is 1. The van der Waals surface area contributed by atoms with Gasteiger partial charge in [-0.1, -0.05) is 46.9 Å². The van der Waals surface area contributed by atoms with Gasteiger partial charge in [0.1, 0.15) is 0 Å². The van der Waals surface area contributed by atoms with Crippen LogP contribution in [-0.2, 0) is 4.79 Å². The van der Waals surface area contributed by atoms with E-state index in [1.165, 1.54) is 6.08 Å². The third-order valence-corrected chi connectivity index (χ3v) is 3.27. The highest BCUT2D eigenvalue weighted by Gasteiger charge is 2.01. The van der Waals surface area contributed by atoms with Crippen molar-refractivity contribution in [3.05, 3.63) is 69.2 Å². The van der Waals surface area contributed by atoms with Gasteiger partial charge in [0.15, 0.2) is 0 Å². The SMILES string of the molecule is O=C(/C=C/c1ccc(Cl)cc1Cl)Nc1cccc(Cl)c1. The summed E-state index contributed by atoms with van der Waals surface area (Å²) in [4.78, 5) is 11.8. The van der Waals surface area contributed by atoms with Crippen LogP contribution in [0.1, 0.15) is 5.56 Å². The van der Waals surface area contributed by atoms with Gasteiger partial charge in [0.2, 0.25) is 5.91 Å². The van der Waals surface area contributed by atoms with Crippen LogP contribution in [0.4, 0.5) is 5.69 Å². The van der Waals surface area contributed by atoms with Crippen LogP contribution in [0.25, 0.3) is 6.08 Å². The minimum Gasteiger partial charge on any atom is -0.322 e. The topological polar surface area (TPSA) is 29.1 Å². The van der Waals surface area contributed by atoms with Gasteiger partial charge >= 0.3 is 0 Å². The van der Waals surface area contributed by atoms with Crippen molar-refractivity contribution < 1.29 is 4.79 Å². The second-order valence-electron chi connectivity index (χ2n) is 4.00. The molecule has 2 nitrogen and oxygen atoms in total. The quantitative estimate of drug-likeness (QED) is 0.762. The van der Waals surface area contributed by atoms with E-state index in [0.29, 0.717) is 20.8 Å². The van der Waals surface area contributed by atoms with Crippen molar-refractivity contribution in [2.75, 3.05) is 5.32 Å². The van der Waals surface area contributed by atoms with Crippen LogP contribution in [0.15, 0.2) is 48.5 Å². The third kappa shape index (κ3) is 4.27. The first-order valence-corrected chi connectivity index (χ1v) is 6.88. The first-order chi connectivity index (χ1) is 9.54. The summed E-state index contributed by atoms with van der Waals surface area (Å²) in [7, 11) is 0. The summed E-state index contributed by atoms with van der Waals surface area (Å²) < 4.78 is 0. The zero-order valence-corrected chi connectivity index (χ0v) is 12.5. The highest BCUT2D eigenvalue weighted by atomic mass is 35.5. The maximum absolute atomic E-state index is 11.8. The minimum atomic E-state index is -0.265. The number of halogens is 3. The highest BCUT2D eigenvalue weighted by Crippen LogP contribution is 2.22. The summed E-state index contributed by atoms with van der Waals surface area (Å²) in [6.45, 7) is 0. The van der Waals surface area contributed by atoms with Crippen molar-refractivity contribution in [3.63, 3.8) is 0 Å². The van der Waals surface area contributed by atoms with E-state index in [2.05, 4.69) is 5.32 Å². The van der Waals surface area contributed by atoms with Crippen LogP contribution in [0.2, 0.25) is 15.1 Å². The number of rotatable bonds is 3. The predicted octanol–water partition coefficient (Wildman–Crippen LogP) is 5.30. The first-order valence-electron chi connectivity index (χ1n) is 5.74. The van der Waals surface area contributed by atoms with Crippen molar-refractivity contribution in [2.45, 2.75) is 0 Å². The molecule has 0 atom stereocenters. The molecule has 0 heterocycles. The molecular weight excluding hydrogens is 317 g/mol. The summed E-state index contributed by atoms with van der Waals surface area (Å²) in [5.41, 5.74) is 1.35. The second-order valence-corrected chi connectivity index (χ2v) is 5.28. The lowest BCUT2D eigenvalue weighted by Gasteiger charge is -2.02. The zero-order valence-electron chi connectivity index (χ0n) is 10.2. The Kier molecular flexibility index (Phi) is 5.07. The summed E-state index contributed by atoms with van der Waals surface area (Å²) in [5.74, 6) is -0.265. The molecule has 0 aliphatic rings. The van der Waals surface area contributed by atoms with Gasteiger partial charge in [-0.05, 0) is 42.0 Å². The summed E-state index contributed by atoms with van der Waals surface area (Å²) in [6, 6.07) is 12.0. The minimum absolute atomic E-state index is 0.265. The fourth-order valence-electron chi connectivity index (χ4n) is 1.55. The van der Waals surface area contributed by atoms with Crippen molar-refractivity contribution in [1.29, 1.82) is 0 Å². The van der Waals surface area contributed by atoms with E-state index in [9.17, 15) is 4.79 Å². The van der Waals surface area contributed by atoms with E-state index in [1.54, 1.807) is 48.5 Å². The molecule has 0 bridgehead atoms. The van der Waals surface area contributed by atoms with Crippen molar-refractivity contribution in [2.24, 2.45) is 0 Å². The Morgan fingerprint density at radius 3 is 2.45 bits per heavy atom. The van der Waals surface area contributed by atoms with E-state index in [1.807, 2.05) is 0 Å². The Morgan fingerprint density at radius 2 is 1.75 bits per heavy atom. The molecule has 102 valence electrons. The maximum atomic E-state index is 11.8. The molecule has 0 fully saturated rings. The normalized spacial score (nSPS) is 10.8. The van der Waals surface area contributed by atoms with Crippen LogP contribution in [0.5, 0.6) is 0 Å². The van der Waals surface area contributed by atoms with Crippen molar-refractivity contribution >= 4 is 52.5 Å². The molecular formula is C15H10Cl3NO. The molecule has 0 aliphatic heterocycles. The number of hydrogen-bond acceptors (Lipinski definition) is 1.